The van der Waals surface area contributed by atoms with Gasteiger partial charge in [0.1, 0.15) is 5.82 Å². The van der Waals surface area contributed by atoms with Gasteiger partial charge < -0.3 is 9.88 Å². The normalized spacial score (nSPS) is 24.8. The fraction of sp³-hybridized carbons (Fsp3) is 0.700. The Hall–Kier alpha value is -0.800. The highest BCUT2D eigenvalue weighted by molar-refractivity contribution is 7.99. The third-order valence-corrected chi connectivity index (χ3v) is 6.41. The third kappa shape index (κ3) is 3.64. The van der Waals surface area contributed by atoms with Gasteiger partial charge in [0.25, 0.3) is 0 Å². The SMILES string of the molecule is Cc1nnc(SCC(=O)N[C@H]2CS(=O)(=O)C[C@@H]2Cl)n1C. The van der Waals surface area contributed by atoms with Crippen molar-refractivity contribution < 1.29 is 13.2 Å². The number of alkyl halides is 1. The number of sulfone groups is 1. The Morgan fingerprint density at radius 2 is 2.20 bits per heavy atom. The summed E-state index contributed by atoms with van der Waals surface area (Å²) in [6.07, 6.45) is 0. The van der Waals surface area contributed by atoms with Crippen molar-refractivity contribution in [1.29, 1.82) is 0 Å². The van der Waals surface area contributed by atoms with E-state index in [1.54, 1.807) is 4.57 Å². The summed E-state index contributed by atoms with van der Waals surface area (Å²) in [7, 11) is -1.33. The standard InChI is InChI=1S/C10H15ClN4O3S2/c1-6-13-14-10(15(6)2)19-3-9(16)12-8-5-20(17,18)4-7(8)11/h7-8H,3-5H2,1-2H3,(H,12,16)/t7-,8-/m0/s1. The maximum Gasteiger partial charge on any atom is 0.230 e. The number of nitrogens with one attached hydrogen (secondary N) is 1. The fourth-order valence-electron chi connectivity index (χ4n) is 1.83. The van der Waals surface area contributed by atoms with Crippen LogP contribution < -0.4 is 5.32 Å². The lowest BCUT2D eigenvalue weighted by Crippen LogP contribution is -2.41. The molecule has 1 aliphatic heterocycles. The average Bonchev–Trinajstić information content (AvgIpc) is 2.78. The third-order valence-electron chi connectivity index (χ3n) is 3.01. The van der Waals surface area contributed by atoms with Crippen LogP contribution >= 0.6 is 23.4 Å². The van der Waals surface area contributed by atoms with E-state index in [1.807, 2.05) is 14.0 Å². The quantitative estimate of drug-likeness (QED) is 0.600. The molecule has 10 heteroatoms. The van der Waals surface area contributed by atoms with Crippen LogP contribution in [-0.2, 0) is 21.7 Å². The van der Waals surface area contributed by atoms with E-state index in [4.69, 9.17) is 11.6 Å². The summed E-state index contributed by atoms with van der Waals surface area (Å²) in [5, 5.41) is 10.5. The summed E-state index contributed by atoms with van der Waals surface area (Å²) in [6.45, 7) is 1.82. The minimum absolute atomic E-state index is 0.0882. The number of nitrogens with zero attached hydrogens (tertiary/aromatic N) is 3. The number of thioether (sulfide) groups is 1. The monoisotopic (exact) mass is 338 g/mol. The van der Waals surface area contributed by atoms with Gasteiger partial charge in [-0.25, -0.2) is 8.42 Å². The van der Waals surface area contributed by atoms with Crippen molar-refractivity contribution >= 4 is 39.1 Å². The number of carbonyl (C=O) groups excluding carboxylic acids is 1. The molecule has 2 rings (SSSR count). The van der Waals surface area contributed by atoms with Crippen molar-refractivity contribution in [3.05, 3.63) is 5.82 Å². The van der Waals surface area contributed by atoms with E-state index in [0.29, 0.717) is 5.16 Å². The highest BCUT2D eigenvalue weighted by Crippen LogP contribution is 2.19. The molecule has 0 saturated carbocycles. The Balaban J connectivity index is 1.86. The molecule has 1 amide bonds. The predicted molar refractivity (Wildman–Crippen MR) is 76.7 cm³/mol. The smallest absolute Gasteiger partial charge is 0.230 e. The molecule has 1 N–H and O–H groups in total. The van der Waals surface area contributed by atoms with Gasteiger partial charge in [-0.3, -0.25) is 4.79 Å². The molecule has 1 saturated heterocycles. The number of carbonyl (C=O) groups is 1. The summed E-state index contributed by atoms with van der Waals surface area (Å²) in [5.41, 5.74) is 0. The van der Waals surface area contributed by atoms with Gasteiger partial charge in [-0.1, -0.05) is 11.8 Å². The maximum atomic E-state index is 11.8. The van der Waals surface area contributed by atoms with E-state index < -0.39 is 21.3 Å². The zero-order chi connectivity index (χ0) is 14.9. The van der Waals surface area contributed by atoms with Gasteiger partial charge in [0.2, 0.25) is 5.91 Å². The van der Waals surface area contributed by atoms with E-state index in [1.165, 1.54) is 11.8 Å². The first-order valence-corrected chi connectivity index (χ1v) is 9.15. The largest absolute Gasteiger partial charge is 0.350 e. The van der Waals surface area contributed by atoms with Crippen LogP contribution in [0.5, 0.6) is 0 Å². The number of hydrogen-bond donors (Lipinski definition) is 1. The Kier molecular flexibility index (Phi) is 4.60. The molecule has 0 aliphatic carbocycles. The second-order valence-electron chi connectivity index (χ2n) is 4.64. The van der Waals surface area contributed by atoms with Crippen LogP contribution in [0.15, 0.2) is 5.16 Å². The van der Waals surface area contributed by atoms with Crippen LogP contribution in [-0.4, -0.2) is 57.8 Å². The van der Waals surface area contributed by atoms with Gasteiger partial charge in [0.15, 0.2) is 15.0 Å². The van der Waals surface area contributed by atoms with E-state index in [0.717, 1.165) is 5.82 Å². The van der Waals surface area contributed by atoms with E-state index in [9.17, 15) is 13.2 Å². The number of aromatic nitrogens is 3. The van der Waals surface area contributed by atoms with Crippen LogP contribution in [0.2, 0.25) is 0 Å². The summed E-state index contributed by atoms with van der Waals surface area (Å²) in [6, 6.07) is -0.518. The van der Waals surface area contributed by atoms with Gasteiger partial charge in [-0.05, 0) is 6.92 Å². The molecule has 1 aliphatic rings. The van der Waals surface area contributed by atoms with Gasteiger partial charge in [0, 0.05) is 7.05 Å². The van der Waals surface area contributed by atoms with Gasteiger partial charge in [-0.2, -0.15) is 0 Å². The van der Waals surface area contributed by atoms with Gasteiger partial charge in [-0.15, -0.1) is 21.8 Å². The molecule has 0 radical (unpaired) electrons. The van der Waals surface area contributed by atoms with Crippen molar-refractivity contribution in [2.24, 2.45) is 7.05 Å². The first-order chi connectivity index (χ1) is 9.28. The first-order valence-electron chi connectivity index (χ1n) is 5.91. The highest BCUT2D eigenvalue weighted by Gasteiger charge is 2.37. The Bertz CT molecular complexity index is 616. The Morgan fingerprint density at radius 3 is 2.70 bits per heavy atom. The van der Waals surface area contributed by atoms with Crippen molar-refractivity contribution in [2.75, 3.05) is 17.3 Å². The molecule has 0 unspecified atom stereocenters. The Labute approximate surface area is 126 Å². The number of halogens is 1. The topological polar surface area (TPSA) is 94.0 Å². The minimum Gasteiger partial charge on any atom is -0.350 e. The average molecular weight is 339 g/mol. The molecule has 2 heterocycles. The second-order valence-corrected chi connectivity index (χ2v) is 8.30. The molecular weight excluding hydrogens is 324 g/mol. The zero-order valence-electron chi connectivity index (χ0n) is 11.0. The lowest BCUT2D eigenvalue weighted by atomic mass is 10.2. The minimum atomic E-state index is -3.14. The molecule has 7 nitrogen and oxygen atoms in total. The highest BCUT2D eigenvalue weighted by atomic mass is 35.5. The van der Waals surface area contributed by atoms with Crippen LogP contribution in [0.25, 0.3) is 0 Å². The van der Waals surface area contributed by atoms with Crippen LogP contribution in [0.4, 0.5) is 0 Å². The van der Waals surface area contributed by atoms with Crippen molar-refractivity contribution in [3.8, 4) is 0 Å². The van der Waals surface area contributed by atoms with Gasteiger partial charge >= 0.3 is 0 Å². The molecule has 0 spiro atoms. The zero-order valence-corrected chi connectivity index (χ0v) is 13.4. The van der Waals surface area contributed by atoms with E-state index in [2.05, 4.69) is 15.5 Å². The molecule has 1 aromatic rings. The molecule has 112 valence electrons. The summed E-state index contributed by atoms with van der Waals surface area (Å²) >= 11 is 7.17. The summed E-state index contributed by atoms with van der Waals surface area (Å²) < 4.78 is 24.6. The number of rotatable bonds is 4. The second kappa shape index (κ2) is 5.90. The lowest BCUT2D eigenvalue weighted by Gasteiger charge is -2.13. The maximum absolute atomic E-state index is 11.8. The molecule has 0 bridgehead atoms. The van der Waals surface area contributed by atoms with Crippen LogP contribution in [0.1, 0.15) is 5.82 Å². The molecule has 1 fully saturated rings. The molecule has 20 heavy (non-hydrogen) atoms. The predicted octanol–water partition coefficient (Wildman–Crippen LogP) is -0.264. The van der Waals surface area contributed by atoms with Crippen LogP contribution in [0, 0.1) is 6.92 Å². The van der Waals surface area contributed by atoms with E-state index >= 15 is 0 Å². The molecule has 1 aromatic heterocycles. The van der Waals surface area contributed by atoms with Crippen molar-refractivity contribution in [2.45, 2.75) is 23.5 Å². The van der Waals surface area contributed by atoms with Crippen molar-refractivity contribution in [3.63, 3.8) is 0 Å². The van der Waals surface area contributed by atoms with E-state index in [-0.39, 0.29) is 23.2 Å². The summed E-state index contributed by atoms with van der Waals surface area (Å²) in [5.74, 6) is 0.459. The number of aryl methyl sites for hydroxylation is 1. The lowest BCUT2D eigenvalue weighted by molar-refractivity contribution is -0.119. The molecular formula is C10H15ClN4O3S2. The Morgan fingerprint density at radius 1 is 1.50 bits per heavy atom. The van der Waals surface area contributed by atoms with Crippen LogP contribution in [0.3, 0.4) is 0 Å². The molecule has 0 aromatic carbocycles. The van der Waals surface area contributed by atoms with Gasteiger partial charge in [0.05, 0.1) is 28.7 Å². The first kappa shape index (κ1) is 15.6. The number of hydrogen-bond acceptors (Lipinski definition) is 6. The summed E-state index contributed by atoms with van der Waals surface area (Å²) in [4.78, 5) is 11.8. The molecule has 2 atom stereocenters. The fourth-order valence-corrected chi connectivity index (χ4v) is 5.15. The number of amides is 1. The van der Waals surface area contributed by atoms with Crippen molar-refractivity contribution in [1.82, 2.24) is 20.1 Å².